The van der Waals surface area contributed by atoms with Crippen LogP contribution in [0, 0.1) is 0 Å². The van der Waals surface area contributed by atoms with Gasteiger partial charge in [0.15, 0.2) is 6.61 Å². The molecule has 21 heavy (non-hydrogen) atoms. The Balaban J connectivity index is 1.74. The number of aliphatic hydroxyl groups is 1. The summed E-state index contributed by atoms with van der Waals surface area (Å²) in [5.41, 5.74) is 2.08. The Morgan fingerprint density at radius 3 is 3.05 bits per heavy atom. The van der Waals surface area contributed by atoms with Crippen LogP contribution in [0.5, 0.6) is 5.75 Å². The number of ether oxygens (including phenoxy) is 1. The number of benzene rings is 1. The van der Waals surface area contributed by atoms with E-state index in [2.05, 4.69) is 10.1 Å². The molecule has 112 valence electrons. The highest BCUT2D eigenvalue weighted by molar-refractivity contribution is 5.42. The third kappa shape index (κ3) is 2.93. The summed E-state index contributed by atoms with van der Waals surface area (Å²) < 4.78 is 11.0. The second-order valence-corrected chi connectivity index (χ2v) is 5.72. The fourth-order valence-corrected chi connectivity index (χ4v) is 2.63. The molecule has 3 rings (SSSR count). The topological polar surface area (TPSA) is 68.4 Å². The summed E-state index contributed by atoms with van der Waals surface area (Å²) in [5, 5.41) is 14.0. The number of rotatable bonds is 4. The molecule has 1 heterocycles. The Labute approximate surface area is 123 Å². The molecule has 2 aromatic rings. The third-order valence-corrected chi connectivity index (χ3v) is 3.77. The molecule has 1 unspecified atom stereocenters. The monoisotopic (exact) mass is 288 g/mol. The first kappa shape index (κ1) is 14.1. The maximum atomic E-state index is 10.0. The second kappa shape index (κ2) is 5.85. The number of nitrogens with zero attached hydrogens (tertiary/aromatic N) is 2. The first-order valence-electron chi connectivity index (χ1n) is 7.40. The van der Waals surface area contributed by atoms with Crippen LogP contribution < -0.4 is 4.74 Å². The zero-order valence-electron chi connectivity index (χ0n) is 12.4. The summed E-state index contributed by atoms with van der Waals surface area (Å²) in [5.74, 6) is 2.19. The van der Waals surface area contributed by atoms with Gasteiger partial charge in [0.25, 0.3) is 0 Å². The quantitative estimate of drug-likeness (QED) is 0.936. The van der Waals surface area contributed by atoms with Gasteiger partial charge in [0, 0.05) is 5.92 Å². The van der Waals surface area contributed by atoms with E-state index in [0.717, 1.165) is 36.1 Å². The minimum Gasteiger partial charge on any atom is -0.485 e. The lowest BCUT2D eigenvalue weighted by atomic mass is 9.89. The van der Waals surface area contributed by atoms with E-state index in [1.807, 2.05) is 32.0 Å². The van der Waals surface area contributed by atoms with E-state index in [9.17, 15) is 5.11 Å². The van der Waals surface area contributed by atoms with Crippen molar-refractivity contribution in [2.24, 2.45) is 0 Å². The molecule has 0 saturated carbocycles. The highest BCUT2D eigenvalue weighted by atomic mass is 16.5. The van der Waals surface area contributed by atoms with Crippen LogP contribution in [-0.2, 0) is 13.0 Å². The van der Waals surface area contributed by atoms with Crippen molar-refractivity contribution in [1.82, 2.24) is 10.1 Å². The molecular formula is C16H20N2O3. The van der Waals surface area contributed by atoms with Gasteiger partial charge in [0.1, 0.15) is 5.75 Å². The Hall–Kier alpha value is -1.88. The van der Waals surface area contributed by atoms with Gasteiger partial charge in [-0.15, -0.1) is 0 Å². The maximum Gasteiger partial charge on any atom is 0.229 e. The molecule has 1 aromatic carbocycles. The zero-order chi connectivity index (χ0) is 14.8. The minimum atomic E-state index is -0.380. The Morgan fingerprint density at radius 2 is 2.29 bits per heavy atom. The molecule has 0 spiro atoms. The van der Waals surface area contributed by atoms with E-state index in [-0.39, 0.29) is 18.6 Å². The fraction of sp³-hybridized carbons (Fsp3) is 0.500. The van der Waals surface area contributed by atoms with Crippen molar-refractivity contribution >= 4 is 0 Å². The van der Waals surface area contributed by atoms with E-state index >= 15 is 0 Å². The first-order chi connectivity index (χ1) is 10.1. The highest BCUT2D eigenvalue weighted by Crippen LogP contribution is 2.35. The van der Waals surface area contributed by atoms with E-state index in [1.54, 1.807) is 0 Å². The fourth-order valence-electron chi connectivity index (χ4n) is 2.63. The molecule has 0 bridgehead atoms. The number of hydrogen-bond acceptors (Lipinski definition) is 5. The van der Waals surface area contributed by atoms with E-state index in [4.69, 9.17) is 9.26 Å². The smallest absolute Gasteiger partial charge is 0.229 e. The number of hydrogen-bond donors (Lipinski definition) is 1. The Morgan fingerprint density at radius 1 is 1.43 bits per heavy atom. The second-order valence-electron chi connectivity index (χ2n) is 5.72. The summed E-state index contributed by atoms with van der Waals surface area (Å²) in [4.78, 5) is 4.30. The lowest BCUT2D eigenvalue weighted by Gasteiger charge is -2.23. The zero-order valence-corrected chi connectivity index (χ0v) is 12.4. The average Bonchev–Trinajstić information content (AvgIpc) is 2.95. The van der Waals surface area contributed by atoms with Gasteiger partial charge in [0.2, 0.25) is 11.7 Å². The number of fused-ring (bicyclic) bond motifs is 1. The predicted octanol–water partition coefficient (Wildman–Crippen LogP) is 3.14. The van der Waals surface area contributed by atoms with Crippen LogP contribution in [0.25, 0.3) is 0 Å². The summed E-state index contributed by atoms with van der Waals surface area (Å²) in [6.07, 6.45) is 2.36. The third-order valence-electron chi connectivity index (χ3n) is 3.77. The molecule has 1 atom stereocenters. The van der Waals surface area contributed by atoms with Gasteiger partial charge in [-0.25, -0.2) is 0 Å². The Kier molecular flexibility index (Phi) is 3.92. The molecule has 5 nitrogen and oxygen atoms in total. The minimum absolute atomic E-state index is 0.214. The molecule has 0 amide bonds. The van der Waals surface area contributed by atoms with E-state index in [0.29, 0.717) is 11.7 Å². The van der Waals surface area contributed by atoms with Gasteiger partial charge in [-0.2, -0.15) is 4.98 Å². The van der Waals surface area contributed by atoms with Gasteiger partial charge < -0.3 is 14.4 Å². The average molecular weight is 288 g/mol. The molecule has 0 saturated heterocycles. The molecule has 0 radical (unpaired) electrons. The summed E-state index contributed by atoms with van der Waals surface area (Å²) >= 11 is 0. The molecule has 5 heteroatoms. The van der Waals surface area contributed by atoms with Crippen molar-refractivity contribution in [2.45, 2.75) is 51.7 Å². The van der Waals surface area contributed by atoms with E-state index in [1.165, 1.54) is 0 Å². The molecular weight excluding hydrogens is 268 g/mol. The maximum absolute atomic E-state index is 10.0. The normalized spacial score (nSPS) is 17.8. The van der Waals surface area contributed by atoms with Crippen molar-refractivity contribution in [3.8, 4) is 5.75 Å². The molecule has 1 N–H and O–H groups in total. The molecule has 1 aromatic heterocycles. The van der Waals surface area contributed by atoms with Crippen molar-refractivity contribution in [3.63, 3.8) is 0 Å². The SMILES string of the molecule is CC(C)c1nc(COc2cccc3c2CCCC3O)no1. The van der Waals surface area contributed by atoms with Gasteiger partial charge in [0.05, 0.1) is 6.10 Å². The lowest BCUT2D eigenvalue weighted by Crippen LogP contribution is -2.11. The lowest BCUT2D eigenvalue weighted by molar-refractivity contribution is 0.155. The van der Waals surface area contributed by atoms with Crippen molar-refractivity contribution in [1.29, 1.82) is 0 Å². The molecule has 1 aliphatic carbocycles. The van der Waals surface area contributed by atoms with Gasteiger partial charge in [-0.05, 0) is 36.5 Å². The standard InChI is InChI=1S/C16H20N2O3/c1-10(2)16-17-15(18-21-16)9-20-14-8-4-5-11-12(14)6-3-7-13(11)19/h4-5,8,10,13,19H,3,6-7,9H2,1-2H3. The summed E-state index contributed by atoms with van der Waals surface area (Å²) in [7, 11) is 0. The molecule has 0 fully saturated rings. The number of aromatic nitrogens is 2. The van der Waals surface area contributed by atoms with Gasteiger partial charge in [-0.3, -0.25) is 0 Å². The van der Waals surface area contributed by atoms with Gasteiger partial charge >= 0.3 is 0 Å². The number of aliphatic hydroxyl groups excluding tert-OH is 1. The van der Waals surface area contributed by atoms with E-state index < -0.39 is 0 Å². The summed E-state index contributed by atoms with van der Waals surface area (Å²) in [6.45, 7) is 4.29. The first-order valence-corrected chi connectivity index (χ1v) is 7.40. The van der Waals surface area contributed by atoms with Crippen molar-refractivity contribution < 1.29 is 14.4 Å². The van der Waals surface area contributed by atoms with Crippen molar-refractivity contribution in [3.05, 3.63) is 41.0 Å². The van der Waals surface area contributed by atoms with Gasteiger partial charge in [-0.1, -0.05) is 31.1 Å². The van der Waals surface area contributed by atoms with Crippen LogP contribution in [0.2, 0.25) is 0 Å². The van der Waals surface area contributed by atoms with Crippen molar-refractivity contribution in [2.75, 3.05) is 0 Å². The highest BCUT2D eigenvalue weighted by Gasteiger charge is 2.21. The van der Waals surface area contributed by atoms with Crippen LogP contribution in [0.3, 0.4) is 0 Å². The molecule has 1 aliphatic rings. The Bertz CT molecular complexity index is 622. The van der Waals surface area contributed by atoms with Crippen LogP contribution in [-0.4, -0.2) is 15.2 Å². The largest absolute Gasteiger partial charge is 0.485 e. The predicted molar refractivity (Wildman–Crippen MR) is 77.1 cm³/mol. The van der Waals surface area contributed by atoms with Crippen LogP contribution in [0.15, 0.2) is 22.7 Å². The van der Waals surface area contributed by atoms with Crippen LogP contribution in [0.1, 0.15) is 61.6 Å². The summed E-state index contributed by atoms with van der Waals surface area (Å²) in [6, 6.07) is 5.82. The van der Waals surface area contributed by atoms with Crippen LogP contribution >= 0.6 is 0 Å². The van der Waals surface area contributed by atoms with Crippen LogP contribution in [0.4, 0.5) is 0 Å². The molecule has 0 aliphatic heterocycles.